The van der Waals surface area contributed by atoms with Gasteiger partial charge in [0.2, 0.25) is 5.91 Å². The number of rotatable bonds is 7. The summed E-state index contributed by atoms with van der Waals surface area (Å²) in [6.45, 7) is 2.23. The minimum absolute atomic E-state index is 0.0937. The molecule has 1 saturated carbocycles. The molecule has 2 atom stereocenters. The zero-order chi connectivity index (χ0) is 18.8. The minimum Gasteiger partial charge on any atom is -0.383 e. The summed E-state index contributed by atoms with van der Waals surface area (Å²) in [5.41, 5.74) is 1.84. The van der Waals surface area contributed by atoms with Gasteiger partial charge >= 0.3 is 0 Å². The molecule has 6 nitrogen and oxygen atoms in total. The zero-order valence-electron chi connectivity index (χ0n) is 15.5. The summed E-state index contributed by atoms with van der Waals surface area (Å²) in [7, 11) is 1.71. The van der Waals surface area contributed by atoms with Crippen molar-refractivity contribution in [3.63, 3.8) is 0 Å². The summed E-state index contributed by atoms with van der Waals surface area (Å²) in [6.07, 6.45) is 6.52. The first-order valence-electron chi connectivity index (χ1n) is 9.45. The Labute approximate surface area is 158 Å². The number of hydrogen-bond donors (Lipinski definition) is 1. The number of ether oxygens (including phenoxy) is 1. The summed E-state index contributed by atoms with van der Waals surface area (Å²) in [5.74, 6) is 0.0529. The third kappa shape index (κ3) is 4.36. The Morgan fingerprint density at radius 1 is 1.33 bits per heavy atom. The van der Waals surface area contributed by atoms with E-state index in [0.717, 1.165) is 43.6 Å². The van der Waals surface area contributed by atoms with E-state index in [2.05, 4.69) is 15.3 Å². The smallest absolute Gasteiger partial charge is 0.227 e. The molecule has 1 aromatic carbocycles. The topological polar surface area (TPSA) is 59.4 Å². The van der Waals surface area contributed by atoms with E-state index in [1.807, 2.05) is 23.0 Å². The number of benzene rings is 1. The van der Waals surface area contributed by atoms with E-state index >= 15 is 0 Å². The van der Waals surface area contributed by atoms with Gasteiger partial charge in [-0.25, -0.2) is 4.39 Å². The molecule has 1 amide bonds. The van der Waals surface area contributed by atoms with Crippen LogP contribution < -0.4 is 5.32 Å². The highest BCUT2D eigenvalue weighted by Gasteiger charge is 2.34. The van der Waals surface area contributed by atoms with Gasteiger partial charge in [-0.15, -0.1) is 0 Å². The van der Waals surface area contributed by atoms with Crippen LogP contribution in [-0.4, -0.2) is 46.9 Å². The molecular weight excluding hydrogens is 347 g/mol. The fourth-order valence-electron chi connectivity index (χ4n) is 3.73. The SMILES string of the molecule is COC[C@@H]1C[C@H](n2cc(NC(=O)C3CC3)cn2)CN1Cc1ccc(F)cc1. The maximum atomic E-state index is 13.2. The van der Waals surface area contributed by atoms with E-state index in [0.29, 0.717) is 6.61 Å². The van der Waals surface area contributed by atoms with Crippen LogP contribution in [0.5, 0.6) is 0 Å². The van der Waals surface area contributed by atoms with Crippen molar-refractivity contribution in [1.29, 1.82) is 0 Å². The average molecular weight is 372 g/mol. The van der Waals surface area contributed by atoms with Gasteiger partial charge in [0.1, 0.15) is 5.82 Å². The van der Waals surface area contributed by atoms with Crippen molar-refractivity contribution in [2.75, 3.05) is 25.6 Å². The summed E-state index contributed by atoms with van der Waals surface area (Å²) in [4.78, 5) is 14.3. The fourth-order valence-corrected chi connectivity index (χ4v) is 3.73. The van der Waals surface area contributed by atoms with Crippen LogP contribution in [0.1, 0.15) is 30.9 Å². The molecule has 1 aliphatic heterocycles. The molecule has 1 aromatic heterocycles. The van der Waals surface area contributed by atoms with E-state index in [1.165, 1.54) is 12.1 Å². The summed E-state index contributed by atoms with van der Waals surface area (Å²) < 4.78 is 20.5. The molecule has 0 spiro atoms. The van der Waals surface area contributed by atoms with Gasteiger partial charge in [-0.1, -0.05) is 12.1 Å². The Bertz CT molecular complexity index is 788. The number of carbonyl (C=O) groups excluding carboxylic acids is 1. The Hall–Kier alpha value is -2.25. The quantitative estimate of drug-likeness (QED) is 0.812. The fraction of sp³-hybridized carbons (Fsp3) is 0.500. The van der Waals surface area contributed by atoms with Gasteiger partial charge in [0.05, 0.1) is 24.5 Å². The van der Waals surface area contributed by atoms with Crippen molar-refractivity contribution in [3.8, 4) is 0 Å². The number of carbonyl (C=O) groups is 1. The van der Waals surface area contributed by atoms with Crippen molar-refractivity contribution in [1.82, 2.24) is 14.7 Å². The molecule has 27 heavy (non-hydrogen) atoms. The van der Waals surface area contributed by atoms with E-state index < -0.39 is 0 Å². The van der Waals surface area contributed by atoms with Gasteiger partial charge in [0, 0.05) is 38.4 Å². The van der Waals surface area contributed by atoms with Crippen LogP contribution in [0.25, 0.3) is 0 Å². The Morgan fingerprint density at radius 3 is 2.81 bits per heavy atom. The molecule has 7 heteroatoms. The summed E-state index contributed by atoms with van der Waals surface area (Å²) >= 11 is 0. The van der Waals surface area contributed by atoms with Crippen molar-refractivity contribution < 1.29 is 13.9 Å². The van der Waals surface area contributed by atoms with Crippen LogP contribution in [0.3, 0.4) is 0 Å². The van der Waals surface area contributed by atoms with Gasteiger partial charge in [-0.3, -0.25) is 14.4 Å². The normalized spacial score (nSPS) is 22.9. The molecule has 0 bridgehead atoms. The third-order valence-corrected chi connectivity index (χ3v) is 5.36. The lowest BCUT2D eigenvalue weighted by Gasteiger charge is -2.23. The number of halogens is 1. The van der Waals surface area contributed by atoms with Gasteiger partial charge in [0.15, 0.2) is 0 Å². The monoisotopic (exact) mass is 372 g/mol. The number of hydrogen-bond acceptors (Lipinski definition) is 4. The predicted molar refractivity (Wildman–Crippen MR) is 99.7 cm³/mol. The number of methoxy groups -OCH3 is 1. The zero-order valence-corrected chi connectivity index (χ0v) is 15.5. The number of aromatic nitrogens is 2. The van der Waals surface area contributed by atoms with E-state index in [9.17, 15) is 9.18 Å². The first kappa shape index (κ1) is 18.1. The largest absolute Gasteiger partial charge is 0.383 e. The van der Waals surface area contributed by atoms with Crippen LogP contribution >= 0.6 is 0 Å². The second-order valence-electron chi connectivity index (χ2n) is 7.53. The third-order valence-electron chi connectivity index (χ3n) is 5.36. The van der Waals surface area contributed by atoms with E-state index in [4.69, 9.17) is 4.74 Å². The van der Waals surface area contributed by atoms with Gasteiger partial charge in [0.25, 0.3) is 0 Å². The molecule has 0 radical (unpaired) electrons. The first-order valence-corrected chi connectivity index (χ1v) is 9.45. The van der Waals surface area contributed by atoms with Crippen LogP contribution in [-0.2, 0) is 16.1 Å². The lowest BCUT2D eigenvalue weighted by atomic mass is 10.1. The Balaban J connectivity index is 1.42. The van der Waals surface area contributed by atoms with Crippen molar-refractivity contribution in [2.24, 2.45) is 5.92 Å². The first-order chi connectivity index (χ1) is 13.1. The molecule has 4 rings (SSSR count). The molecule has 2 aliphatic rings. The molecule has 1 saturated heterocycles. The van der Waals surface area contributed by atoms with Crippen molar-refractivity contribution in [3.05, 3.63) is 48.0 Å². The number of nitrogens with zero attached hydrogens (tertiary/aromatic N) is 3. The molecule has 2 fully saturated rings. The predicted octanol–water partition coefficient (Wildman–Crippen LogP) is 2.83. The van der Waals surface area contributed by atoms with E-state index in [1.54, 1.807) is 13.3 Å². The Morgan fingerprint density at radius 2 is 2.11 bits per heavy atom. The molecule has 1 N–H and O–H groups in total. The number of nitrogens with one attached hydrogen (secondary N) is 1. The second-order valence-corrected chi connectivity index (χ2v) is 7.53. The van der Waals surface area contributed by atoms with Gasteiger partial charge in [-0.05, 0) is 37.0 Å². The van der Waals surface area contributed by atoms with E-state index in [-0.39, 0.29) is 29.7 Å². The van der Waals surface area contributed by atoms with Gasteiger partial charge in [-0.2, -0.15) is 5.10 Å². The lowest BCUT2D eigenvalue weighted by molar-refractivity contribution is -0.117. The molecule has 1 aliphatic carbocycles. The lowest BCUT2D eigenvalue weighted by Crippen LogP contribution is -2.32. The Kier molecular flexibility index (Phi) is 5.22. The van der Waals surface area contributed by atoms with Gasteiger partial charge < -0.3 is 10.1 Å². The maximum absolute atomic E-state index is 13.2. The summed E-state index contributed by atoms with van der Waals surface area (Å²) in [6, 6.07) is 7.14. The highest BCUT2D eigenvalue weighted by molar-refractivity contribution is 5.93. The second kappa shape index (κ2) is 7.78. The number of anilines is 1. The number of likely N-dealkylation sites (tertiary alicyclic amines) is 1. The molecule has 2 heterocycles. The average Bonchev–Trinajstić information content (AvgIpc) is 3.30. The maximum Gasteiger partial charge on any atom is 0.227 e. The van der Waals surface area contributed by atoms with Crippen molar-refractivity contribution >= 4 is 11.6 Å². The van der Waals surface area contributed by atoms with Crippen LogP contribution in [0.4, 0.5) is 10.1 Å². The number of amides is 1. The van der Waals surface area contributed by atoms with Crippen molar-refractivity contribution in [2.45, 2.75) is 37.9 Å². The van der Waals surface area contributed by atoms with Crippen LogP contribution in [0, 0.1) is 11.7 Å². The standard InChI is InChI=1S/C20H25FN4O2/c1-27-13-19-8-18(12-24(19)10-14-2-6-16(21)7-3-14)25-11-17(9-22-25)23-20(26)15-4-5-15/h2-3,6-7,9,11,15,18-19H,4-5,8,10,12-13H2,1H3,(H,23,26)/t18-,19-/m0/s1. The molecule has 144 valence electrons. The highest BCUT2D eigenvalue weighted by atomic mass is 19.1. The van der Waals surface area contributed by atoms with Crippen LogP contribution in [0.2, 0.25) is 0 Å². The molecule has 2 aromatic rings. The molecule has 0 unspecified atom stereocenters. The highest BCUT2D eigenvalue weighted by Crippen LogP contribution is 2.31. The summed E-state index contributed by atoms with van der Waals surface area (Å²) in [5, 5.41) is 7.41. The minimum atomic E-state index is -0.219. The molecular formula is C20H25FN4O2. The van der Waals surface area contributed by atoms with Crippen LogP contribution in [0.15, 0.2) is 36.7 Å².